The van der Waals surface area contributed by atoms with Crippen LogP contribution in [-0.4, -0.2) is 23.1 Å². The van der Waals surface area contributed by atoms with Crippen molar-refractivity contribution in [3.8, 4) is 0 Å². The molecule has 0 aliphatic carbocycles. The summed E-state index contributed by atoms with van der Waals surface area (Å²) in [6.07, 6.45) is 0. The van der Waals surface area contributed by atoms with E-state index in [0.29, 0.717) is 10.1 Å². The fourth-order valence-corrected chi connectivity index (χ4v) is 1.82. The summed E-state index contributed by atoms with van der Waals surface area (Å²) >= 11 is 11.3. The fraction of sp³-hybridized carbons (Fsp3) is 0.364. The molecule has 0 atom stereocenters. The Bertz CT molecular complexity index is 337. The molecule has 2 nitrogen and oxygen atoms in total. The van der Waals surface area contributed by atoms with Crippen molar-refractivity contribution in [3.63, 3.8) is 0 Å². The van der Waals surface area contributed by atoms with Crippen molar-refractivity contribution in [2.45, 2.75) is 13.8 Å². The number of hydrogen-bond donors (Lipinski definition) is 1. The lowest BCUT2D eigenvalue weighted by molar-refractivity contribution is 0.473. The number of benzene rings is 1. The maximum Gasteiger partial charge on any atom is 0.173 e. The third kappa shape index (κ3) is 3.36. The third-order valence-electron chi connectivity index (χ3n) is 2.17. The first kappa shape index (κ1) is 12.3. The monoisotopic (exact) mass is 242 g/mol. The summed E-state index contributed by atoms with van der Waals surface area (Å²) in [5.41, 5.74) is 0.857. The van der Waals surface area contributed by atoms with Crippen molar-refractivity contribution >= 4 is 34.6 Å². The minimum absolute atomic E-state index is 0.687. The second-order valence-electron chi connectivity index (χ2n) is 3.08. The van der Waals surface area contributed by atoms with E-state index in [1.165, 1.54) is 0 Å². The number of para-hydroxylation sites is 1. The molecule has 0 spiro atoms. The predicted molar refractivity (Wildman–Crippen MR) is 70.6 cm³/mol. The first-order chi connectivity index (χ1) is 7.19. The minimum Gasteiger partial charge on any atom is -0.350 e. The quantitative estimate of drug-likeness (QED) is 0.819. The molecule has 4 heteroatoms. The molecule has 0 fully saturated rings. The molecule has 1 N–H and O–H groups in total. The van der Waals surface area contributed by atoms with Gasteiger partial charge < -0.3 is 10.2 Å². The second kappa shape index (κ2) is 5.93. The highest BCUT2D eigenvalue weighted by Gasteiger charge is 2.06. The summed E-state index contributed by atoms with van der Waals surface area (Å²) in [5, 5.41) is 4.54. The largest absolute Gasteiger partial charge is 0.350 e. The summed E-state index contributed by atoms with van der Waals surface area (Å²) in [7, 11) is 0. The highest BCUT2D eigenvalue weighted by atomic mass is 35.5. The van der Waals surface area contributed by atoms with Gasteiger partial charge in [0.2, 0.25) is 0 Å². The number of anilines is 1. The van der Waals surface area contributed by atoms with Crippen molar-refractivity contribution in [3.05, 3.63) is 29.3 Å². The smallest absolute Gasteiger partial charge is 0.173 e. The Hall–Kier alpha value is -0.800. The van der Waals surface area contributed by atoms with E-state index in [0.717, 1.165) is 18.8 Å². The van der Waals surface area contributed by atoms with Crippen LogP contribution in [0.4, 0.5) is 5.69 Å². The first-order valence-corrected chi connectivity index (χ1v) is 5.78. The third-order valence-corrected chi connectivity index (χ3v) is 2.86. The molecule has 1 rings (SSSR count). The molecule has 1 aromatic carbocycles. The van der Waals surface area contributed by atoms with Crippen LogP contribution in [-0.2, 0) is 0 Å². The van der Waals surface area contributed by atoms with Crippen LogP contribution >= 0.6 is 23.8 Å². The topological polar surface area (TPSA) is 15.3 Å². The Kier molecular flexibility index (Phi) is 4.85. The molecule has 0 amide bonds. The zero-order chi connectivity index (χ0) is 11.3. The average molecular weight is 243 g/mol. The van der Waals surface area contributed by atoms with Gasteiger partial charge >= 0.3 is 0 Å². The molecule has 0 aliphatic rings. The van der Waals surface area contributed by atoms with E-state index in [-0.39, 0.29) is 0 Å². The minimum atomic E-state index is 0.687. The summed E-state index contributed by atoms with van der Waals surface area (Å²) < 4.78 is 0. The van der Waals surface area contributed by atoms with Gasteiger partial charge in [0.1, 0.15) is 0 Å². The van der Waals surface area contributed by atoms with Crippen molar-refractivity contribution in [1.82, 2.24) is 4.90 Å². The van der Waals surface area contributed by atoms with Gasteiger partial charge in [0.05, 0.1) is 10.7 Å². The average Bonchev–Trinajstić information content (AvgIpc) is 2.23. The van der Waals surface area contributed by atoms with Crippen LogP contribution < -0.4 is 5.32 Å². The summed E-state index contributed by atoms with van der Waals surface area (Å²) in [6, 6.07) is 7.58. The lowest BCUT2D eigenvalue weighted by Gasteiger charge is -2.22. The number of thiocarbonyl (C=S) groups is 1. The molecule has 15 heavy (non-hydrogen) atoms. The van der Waals surface area contributed by atoms with E-state index >= 15 is 0 Å². The summed E-state index contributed by atoms with van der Waals surface area (Å²) in [5.74, 6) is 0. The molecule has 0 heterocycles. The van der Waals surface area contributed by atoms with Crippen LogP contribution in [0.5, 0.6) is 0 Å². The first-order valence-electron chi connectivity index (χ1n) is 4.99. The predicted octanol–water partition coefficient (Wildman–Crippen LogP) is 3.38. The van der Waals surface area contributed by atoms with Crippen LogP contribution in [0.3, 0.4) is 0 Å². The number of halogens is 1. The van der Waals surface area contributed by atoms with Crippen LogP contribution in [0, 0.1) is 0 Å². The molecule has 0 bridgehead atoms. The zero-order valence-electron chi connectivity index (χ0n) is 8.96. The van der Waals surface area contributed by atoms with E-state index in [9.17, 15) is 0 Å². The molecular formula is C11H15ClN2S. The fourth-order valence-electron chi connectivity index (χ4n) is 1.27. The maximum atomic E-state index is 6.02. The van der Waals surface area contributed by atoms with Gasteiger partial charge in [0, 0.05) is 13.1 Å². The lowest BCUT2D eigenvalue weighted by Crippen LogP contribution is -2.34. The van der Waals surface area contributed by atoms with E-state index in [2.05, 4.69) is 24.1 Å². The van der Waals surface area contributed by atoms with Gasteiger partial charge in [-0.15, -0.1) is 0 Å². The van der Waals surface area contributed by atoms with E-state index in [1.807, 2.05) is 24.3 Å². The Morgan fingerprint density at radius 2 is 1.93 bits per heavy atom. The lowest BCUT2D eigenvalue weighted by atomic mass is 10.3. The van der Waals surface area contributed by atoms with Gasteiger partial charge in [-0.2, -0.15) is 0 Å². The van der Waals surface area contributed by atoms with Gasteiger partial charge in [-0.05, 0) is 38.2 Å². The number of nitrogens with one attached hydrogen (secondary N) is 1. The van der Waals surface area contributed by atoms with Crippen molar-refractivity contribution in [2.75, 3.05) is 18.4 Å². The van der Waals surface area contributed by atoms with E-state index < -0.39 is 0 Å². The Labute approximate surface area is 101 Å². The van der Waals surface area contributed by atoms with Crippen LogP contribution in [0.1, 0.15) is 13.8 Å². The van der Waals surface area contributed by atoms with Gasteiger partial charge in [-0.1, -0.05) is 23.7 Å². The second-order valence-corrected chi connectivity index (χ2v) is 3.88. The van der Waals surface area contributed by atoms with Gasteiger partial charge in [-0.25, -0.2) is 0 Å². The summed E-state index contributed by atoms with van der Waals surface area (Å²) in [6.45, 7) is 5.94. The van der Waals surface area contributed by atoms with Gasteiger partial charge in [0.15, 0.2) is 5.11 Å². The summed E-state index contributed by atoms with van der Waals surface area (Å²) in [4.78, 5) is 2.07. The van der Waals surface area contributed by atoms with Crippen LogP contribution in [0.15, 0.2) is 24.3 Å². The van der Waals surface area contributed by atoms with Gasteiger partial charge in [0.25, 0.3) is 0 Å². The van der Waals surface area contributed by atoms with Crippen molar-refractivity contribution in [1.29, 1.82) is 0 Å². The number of rotatable bonds is 3. The Morgan fingerprint density at radius 3 is 2.47 bits per heavy atom. The highest BCUT2D eigenvalue weighted by Crippen LogP contribution is 2.20. The SMILES string of the molecule is CCN(CC)C(=S)Nc1ccccc1Cl. The molecular weight excluding hydrogens is 228 g/mol. The Morgan fingerprint density at radius 1 is 1.33 bits per heavy atom. The van der Waals surface area contributed by atoms with Crippen LogP contribution in [0.2, 0.25) is 5.02 Å². The normalized spacial score (nSPS) is 9.80. The molecule has 0 radical (unpaired) electrons. The molecule has 0 unspecified atom stereocenters. The molecule has 1 aromatic rings. The molecule has 82 valence electrons. The van der Waals surface area contributed by atoms with Gasteiger partial charge in [-0.3, -0.25) is 0 Å². The van der Waals surface area contributed by atoms with E-state index in [1.54, 1.807) is 0 Å². The van der Waals surface area contributed by atoms with Crippen LogP contribution in [0.25, 0.3) is 0 Å². The molecule has 0 aromatic heterocycles. The molecule has 0 saturated carbocycles. The standard InChI is InChI=1S/C11H15ClN2S/c1-3-14(4-2)11(15)13-10-8-6-5-7-9(10)12/h5-8H,3-4H2,1-2H3,(H,13,15). The van der Waals surface area contributed by atoms with Crippen molar-refractivity contribution in [2.24, 2.45) is 0 Å². The van der Waals surface area contributed by atoms with Crippen molar-refractivity contribution < 1.29 is 0 Å². The maximum absolute atomic E-state index is 6.02. The molecule has 0 aliphatic heterocycles. The zero-order valence-corrected chi connectivity index (χ0v) is 10.5. The van der Waals surface area contributed by atoms with E-state index in [4.69, 9.17) is 23.8 Å². The highest BCUT2D eigenvalue weighted by molar-refractivity contribution is 7.80. The number of hydrogen-bond acceptors (Lipinski definition) is 1. The number of nitrogens with zero attached hydrogens (tertiary/aromatic N) is 1. The molecule has 0 saturated heterocycles. The Balaban J connectivity index is 2.70.